The SMILES string of the molecule is CC(C)(CN)c1ccc(F)cc1.COC(=O)c1ccc(Cl)nn1.COC(=O)c1ccc(NCC(C)(C)c2ccc(F)cc2)nn1. The van der Waals surface area contributed by atoms with E-state index in [1.807, 2.05) is 27.7 Å². The van der Waals surface area contributed by atoms with Crippen molar-refractivity contribution in [1.29, 1.82) is 0 Å². The van der Waals surface area contributed by atoms with Crippen LogP contribution in [-0.4, -0.2) is 59.6 Å². The Bertz CT molecular complexity index is 1500. The number of hydrogen-bond donors (Lipinski definition) is 2. The number of nitrogens with two attached hydrogens (primary N) is 1. The first-order valence-corrected chi connectivity index (χ1v) is 14.1. The molecule has 0 fully saturated rings. The van der Waals surface area contributed by atoms with Gasteiger partial charge in [-0.1, -0.05) is 63.6 Å². The fourth-order valence-electron chi connectivity index (χ4n) is 3.50. The molecule has 0 aliphatic carbocycles. The number of esters is 2. The number of ether oxygens (including phenoxy) is 2. The number of rotatable bonds is 8. The average molecular weight is 643 g/mol. The van der Waals surface area contributed by atoms with Gasteiger partial charge in [-0.15, -0.1) is 20.4 Å². The quantitative estimate of drug-likeness (QED) is 0.227. The number of aromatic nitrogens is 4. The highest BCUT2D eigenvalue weighted by Gasteiger charge is 2.21. The molecule has 0 bridgehead atoms. The molecular weight excluding hydrogens is 606 g/mol. The van der Waals surface area contributed by atoms with E-state index in [1.165, 1.54) is 50.6 Å². The maximum absolute atomic E-state index is 13.0. The number of benzene rings is 2. The number of methoxy groups -OCH3 is 2. The number of hydrogen-bond acceptors (Lipinski definition) is 10. The molecule has 0 radical (unpaired) electrons. The van der Waals surface area contributed by atoms with Gasteiger partial charge in [0.15, 0.2) is 16.5 Å². The topological polar surface area (TPSA) is 142 Å². The van der Waals surface area contributed by atoms with Crippen LogP contribution in [0.15, 0.2) is 72.8 Å². The predicted octanol–water partition coefficient (Wildman–Crippen LogP) is 5.77. The fraction of sp³-hybridized carbons (Fsp3) is 0.312. The molecule has 0 saturated carbocycles. The van der Waals surface area contributed by atoms with Crippen molar-refractivity contribution in [2.75, 3.05) is 32.6 Å². The third-order valence-corrected chi connectivity index (χ3v) is 6.76. The maximum Gasteiger partial charge on any atom is 0.358 e. The first-order chi connectivity index (χ1) is 21.2. The lowest BCUT2D eigenvalue weighted by molar-refractivity contribution is 0.0584. The van der Waals surface area contributed by atoms with E-state index in [0.717, 1.165) is 11.1 Å². The Kier molecular flexibility index (Phi) is 13.9. The van der Waals surface area contributed by atoms with Gasteiger partial charge in [0.1, 0.15) is 17.5 Å². The molecule has 13 heteroatoms. The summed E-state index contributed by atoms with van der Waals surface area (Å²) in [6.45, 7) is 9.33. The smallest absolute Gasteiger partial charge is 0.358 e. The summed E-state index contributed by atoms with van der Waals surface area (Å²) in [7, 11) is 2.57. The summed E-state index contributed by atoms with van der Waals surface area (Å²) in [4.78, 5) is 22.0. The normalized spacial score (nSPS) is 10.8. The number of anilines is 1. The van der Waals surface area contributed by atoms with Gasteiger partial charge in [-0.2, -0.15) is 0 Å². The number of nitrogens with zero attached hydrogens (tertiary/aromatic N) is 4. The molecule has 0 spiro atoms. The van der Waals surface area contributed by atoms with Crippen LogP contribution < -0.4 is 11.1 Å². The summed E-state index contributed by atoms with van der Waals surface area (Å²) in [6, 6.07) is 19.0. The first kappa shape index (κ1) is 36.6. The Hall–Kier alpha value is -4.55. The van der Waals surface area contributed by atoms with E-state index in [4.69, 9.17) is 17.3 Å². The van der Waals surface area contributed by atoms with E-state index in [0.29, 0.717) is 18.9 Å². The van der Waals surface area contributed by atoms with Crippen LogP contribution in [0.2, 0.25) is 5.15 Å². The first-order valence-electron chi connectivity index (χ1n) is 13.7. The van der Waals surface area contributed by atoms with Crippen LogP contribution in [0, 0.1) is 11.6 Å². The van der Waals surface area contributed by atoms with E-state index in [-0.39, 0.29) is 39.0 Å². The molecule has 4 aromatic rings. The van der Waals surface area contributed by atoms with Crippen LogP contribution in [0.25, 0.3) is 0 Å². The van der Waals surface area contributed by atoms with Gasteiger partial charge >= 0.3 is 11.9 Å². The fourth-order valence-corrected chi connectivity index (χ4v) is 3.60. The molecule has 3 N–H and O–H groups in total. The molecule has 0 saturated heterocycles. The second kappa shape index (κ2) is 17.1. The van der Waals surface area contributed by atoms with Gasteiger partial charge in [-0.3, -0.25) is 0 Å². The Morgan fingerprint density at radius 3 is 1.53 bits per heavy atom. The van der Waals surface area contributed by atoms with Crippen LogP contribution in [0.1, 0.15) is 59.8 Å². The van der Waals surface area contributed by atoms with Crippen LogP contribution in [-0.2, 0) is 20.3 Å². The van der Waals surface area contributed by atoms with Gasteiger partial charge < -0.3 is 20.5 Å². The molecule has 10 nitrogen and oxygen atoms in total. The van der Waals surface area contributed by atoms with Crippen molar-refractivity contribution in [2.45, 2.75) is 38.5 Å². The minimum atomic E-state index is -0.523. The van der Waals surface area contributed by atoms with E-state index >= 15 is 0 Å². The molecule has 2 heterocycles. The van der Waals surface area contributed by atoms with E-state index in [2.05, 4.69) is 35.2 Å². The maximum atomic E-state index is 13.0. The lowest BCUT2D eigenvalue weighted by atomic mass is 9.84. The Morgan fingerprint density at radius 2 is 1.16 bits per heavy atom. The van der Waals surface area contributed by atoms with Gasteiger partial charge in [0, 0.05) is 23.9 Å². The second-order valence-electron chi connectivity index (χ2n) is 10.9. The molecular formula is C32H37ClF2N6O4. The van der Waals surface area contributed by atoms with Gasteiger partial charge in [0.05, 0.1) is 14.2 Å². The monoisotopic (exact) mass is 642 g/mol. The third-order valence-electron chi connectivity index (χ3n) is 6.56. The third kappa shape index (κ3) is 11.8. The highest BCUT2D eigenvalue weighted by molar-refractivity contribution is 6.29. The summed E-state index contributed by atoms with van der Waals surface area (Å²) >= 11 is 5.43. The van der Waals surface area contributed by atoms with Crippen LogP contribution in [0.5, 0.6) is 0 Å². The lowest BCUT2D eigenvalue weighted by Crippen LogP contribution is -2.28. The summed E-state index contributed by atoms with van der Waals surface area (Å²) in [6.07, 6.45) is 0. The van der Waals surface area contributed by atoms with Crippen molar-refractivity contribution in [3.63, 3.8) is 0 Å². The van der Waals surface area contributed by atoms with Crippen LogP contribution in [0.4, 0.5) is 14.6 Å². The molecule has 2 aromatic carbocycles. The lowest BCUT2D eigenvalue weighted by Gasteiger charge is -2.25. The largest absolute Gasteiger partial charge is 0.464 e. The van der Waals surface area contributed by atoms with Crippen LogP contribution >= 0.6 is 11.6 Å². The molecule has 0 atom stereocenters. The van der Waals surface area contributed by atoms with Gasteiger partial charge in [-0.25, -0.2) is 18.4 Å². The Balaban J connectivity index is 0.000000259. The number of carbonyl (C=O) groups excluding carboxylic acids is 2. The zero-order valence-electron chi connectivity index (χ0n) is 26.0. The van der Waals surface area contributed by atoms with E-state index < -0.39 is 11.9 Å². The highest BCUT2D eigenvalue weighted by Crippen LogP contribution is 2.24. The van der Waals surface area contributed by atoms with Crippen molar-refractivity contribution >= 4 is 29.4 Å². The number of carbonyl (C=O) groups is 2. The summed E-state index contributed by atoms with van der Waals surface area (Å²) in [5.74, 6) is -0.939. The van der Waals surface area contributed by atoms with Crippen molar-refractivity contribution in [3.05, 3.63) is 112 Å². The van der Waals surface area contributed by atoms with Gasteiger partial charge in [0.25, 0.3) is 0 Å². The molecule has 0 aliphatic rings. The molecule has 2 aromatic heterocycles. The highest BCUT2D eigenvalue weighted by atomic mass is 35.5. The zero-order valence-corrected chi connectivity index (χ0v) is 26.7. The Labute approximate surface area is 266 Å². The summed E-state index contributed by atoms with van der Waals surface area (Å²) in [5.41, 5.74) is 7.71. The van der Waals surface area contributed by atoms with E-state index in [9.17, 15) is 18.4 Å². The Morgan fingerprint density at radius 1 is 0.711 bits per heavy atom. The minimum absolute atomic E-state index is 0.0618. The molecule has 0 amide bonds. The molecule has 0 unspecified atom stereocenters. The van der Waals surface area contributed by atoms with Crippen molar-refractivity contribution < 1.29 is 27.8 Å². The van der Waals surface area contributed by atoms with Crippen molar-refractivity contribution in [3.8, 4) is 0 Å². The standard InChI is InChI=1S/C16H18FN3O2.C10H14FN.C6H5ClN2O2/c1-16(2,11-4-6-12(17)7-5-11)10-18-14-9-8-13(19-20-14)15(21)22-3;1-10(2,7-12)8-3-5-9(11)6-4-8;1-11-6(10)4-2-3-5(7)9-8-4/h4-9H,10H2,1-3H3,(H,18,20);3-6H,7,12H2,1-2H3;2-3H,1H3. The molecule has 45 heavy (non-hydrogen) atoms. The van der Waals surface area contributed by atoms with Crippen molar-refractivity contribution in [1.82, 2.24) is 20.4 Å². The zero-order chi connectivity index (χ0) is 33.6. The predicted molar refractivity (Wildman–Crippen MR) is 168 cm³/mol. The summed E-state index contributed by atoms with van der Waals surface area (Å²) < 4.78 is 34.5. The van der Waals surface area contributed by atoms with Gasteiger partial charge in [0.2, 0.25) is 0 Å². The number of halogens is 3. The average Bonchev–Trinajstić information content (AvgIpc) is 3.04. The van der Waals surface area contributed by atoms with Crippen molar-refractivity contribution in [2.24, 2.45) is 5.73 Å². The van der Waals surface area contributed by atoms with Crippen LogP contribution in [0.3, 0.4) is 0 Å². The minimum Gasteiger partial charge on any atom is -0.464 e. The number of nitrogens with one attached hydrogen (secondary N) is 1. The van der Waals surface area contributed by atoms with Gasteiger partial charge in [-0.05, 0) is 59.7 Å². The molecule has 0 aliphatic heterocycles. The van der Waals surface area contributed by atoms with E-state index in [1.54, 1.807) is 36.4 Å². The summed E-state index contributed by atoms with van der Waals surface area (Å²) in [5, 5.41) is 18.1. The molecule has 4 rings (SSSR count). The second-order valence-corrected chi connectivity index (χ2v) is 11.3. The molecule has 240 valence electrons.